The molecule has 0 aliphatic rings. The molecule has 0 saturated carbocycles. The Morgan fingerprint density at radius 3 is 2.20 bits per heavy atom. The molecule has 0 aromatic heterocycles. The summed E-state index contributed by atoms with van der Waals surface area (Å²) in [5, 5.41) is 0. The molecule has 0 radical (unpaired) electrons. The predicted molar refractivity (Wildman–Crippen MR) is 40.4 cm³/mol. The van der Waals surface area contributed by atoms with E-state index in [-0.39, 0.29) is 51.4 Å². The van der Waals surface area contributed by atoms with Crippen molar-refractivity contribution in [1.29, 1.82) is 0 Å². The van der Waals surface area contributed by atoms with Gasteiger partial charge in [-0.25, -0.2) is 0 Å². The van der Waals surface area contributed by atoms with E-state index >= 15 is 0 Å². The number of rotatable bonds is 0. The molecule has 0 atom stereocenters. The third-order valence-corrected chi connectivity index (χ3v) is 1.72. The first-order valence-corrected chi connectivity index (χ1v) is 3.10. The van der Waals surface area contributed by atoms with Crippen molar-refractivity contribution in [2.24, 2.45) is 0 Å². The van der Waals surface area contributed by atoms with Crippen molar-refractivity contribution in [3.05, 3.63) is 41.8 Å². The standard InChI is InChI=1S/C9H11.K/c1-7-5-4-6-8(2)9(7)3;/h4-6H,1H2,2-3H3;/q-1;+1. The monoisotopic (exact) mass is 158 g/mol. The molecule has 0 unspecified atom stereocenters. The Hall–Kier alpha value is 0.726. The van der Waals surface area contributed by atoms with Gasteiger partial charge < -0.3 is 0 Å². The fraction of sp³-hybridized carbons (Fsp3) is 0.222. The maximum absolute atomic E-state index is 3.88. The van der Waals surface area contributed by atoms with Crippen molar-refractivity contribution in [3.8, 4) is 0 Å². The van der Waals surface area contributed by atoms with Crippen LogP contribution >= 0.6 is 0 Å². The third-order valence-electron chi connectivity index (χ3n) is 1.72. The van der Waals surface area contributed by atoms with E-state index in [4.69, 9.17) is 0 Å². The zero-order valence-corrected chi connectivity index (χ0v) is 10.1. The van der Waals surface area contributed by atoms with Gasteiger partial charge in [0.05, 0.1) is 0 Å². The van der Waals surface area contributed by atoms with E-state index in [1.54, 1.807) is 0 Å². The minimum atomic E-state index is 0. The Morgan fingerprint density at radius 1 is 1.20 bits per heavy atom. The molecule has 1 rings (SSSR count). The number of aryl methyl sites for hydroxylation is 1. The molecule has 1 heteroatoms. The summed E-state index contributed by atoms with van der Waals surface area (Å²) in [7, 11) is 0. The summed E-state index contributed by atoms with van der Waals surface area (Å²) in [6, 6.07) is 6.16. The summed E-state index contributed by atoms with van der Waals surface area (Å²) in [6.07, 6.45) is 0. The van der Waals surface area contributed by atoms with E-state index in [0.29, 0.717) is 0 Å². The molecular formula is C9H11K. The second-order valence-electron chi connectivity index (χ2n) is 2.36. The van der Waals surface area contributed by atoms with E-state index in [9.17, 15) is 0 Å². The van der Waals surface area contributed by atoms with Gasteiger partial charge in [0.1, 0.15) is 0 Å². The summed E-state index contributed by atoms with van der Waals surface area (Å²) in [6.45, 7) is 8.08. The van der Waals surface area contributed by atoms with Crippen molar-refractivity contribution >= 4 is 0 Å². The van der Waals surface area contributed by atoms with Crippen LogP contribution in [0.15, 0.2) is 18.2 Å². The Bertz CT molecular complexity index is 196. The molecule has 0 spiro atoms. The van der Waals surface area contributed by atoms with Gasteiger partial charge in [-0.15, -0.1) is 17.2 Å². The Labute approximate surface area is 105 Å². The zero-order valence-electron chi connectivity index (χ0n) is 6.94. The minimum absolute atomic E-state index is 0. The third kappa shape index (κ3) is 2.40. The smallest absolute Gasteiger partial charge is 0.198 e. The van der Waals surface area contributed by atoms with Crippen molar-refractivity contribution in [2.75, 3.05) is 0 Å². The maximum atomic E-state index is 3.88. The van der Waals surface area contributed by atoms with Crippen LogP contribution in [0.1, 0.15) is 16.7 Å². The molecule has 0 fully saturated rings. The van der Waals surface area contributed by atoms with E-state index in [2.05, 4.69) is 26.8 Å². The van der Waals surface area contributed by atoms with Gasteiger partial charge in [0, 0.05) is 0 Å². The second kappa shape index (κ2) is 4.57. The predicted octanol–water partition coefficient (Wildman–Crippen LogP) is -0.510. The largest absolute Gasteiger partial charge is 1.00 e. The molecule has 1 aromatic carbocycles. The normalized spacial score (nSPS) is 8.60. The molecule has 0 N–H and O–H groups in total. The summed E-state index contributed by atoms with van der Waals surface area (Å²) < 4.78 is 0. The summed E-state index contributed by atoms with van der Waals surface area (Å²) in [5.74, 6) is 0. The minimum Gasteiger partial charge on any atom is -0.198 e. The van der Waals surface area contributed by atoms with Gasteiger partial charge in [0.2, 0.25) is 0 Å². The summed E-state index contributed by atoms with van der Waals surface area (Å²) in [5.41, 5.74) is 3.76. The van der Waals surface area contributed by atoms with Crippen molar-refractivity contribution in [1.82, 2.24) is 0 Å². The Morgan fingerprint density at radius 2 is 1.80 bits per heavy atom. The zero-order chi connectivity index (χ0) is 6.85. The maximum Gasteiger partial charge on any atom is 1.00 e. The molecule has 0 bridgehead atoms. The Kier molecular flexibility index (Phi) is 4.91. The van der Waals surface area contributed by atoms with Crippen LogP contribution in [0.5, 0.6) is 0 Å². The first kappa shape index (κ1) is 10.7. The topological polar surface area (TPSA) is 0 Å². The van der Waals surface area contributed by atoms with Crippen LogP contribution in [0.3, 0.4) is 0 Å². The Balaban J connectivity index is 0.000000810. The molecule has 0 amide bonds. The van der Waals surface area contributed by atoms with Crippen LogP contribution in [0.25, 0.3) is 0 Å². The van der Waals surface area contributed by atoms with E-state index in [1.807, 2.05) is 12.1 Å². The molecule has 0 heterocycles. The van der Waals surface area contributed by atoms with Crippen LogP contribution in [-0.2, 0) is 0 Å². The number of hydrogen-bond acceptors (Lipinski definition) is 0. The van der Waals surface area contributed by atoms with Crippen LogP contribution in [0, 0.1) is 20.8 Å². The average Bonchev–Trinajstić information content (AvgIpc) is 1.83. The first-order chi connectivity index (χ1) is 4.22. The average molecular weight is 158 g/mol. The summed E-state index contributed by atoms with van der Waals surface area (Å²) >= 11 is 0. The van der Waals surface area contributed by atoms with Crippen LogP contribution in [0.4, 0.5) is 0 Å². The van der Waals surface area contributed by atoms with Crippen LogP contribution in [-0.4, -0.2) is 0 Å². The van der Waals surface area contributed by atoms with Gasteiger partial charge in [0.15, 0.2) is 0 Å². The SMILES string of the molecule is [CH2-]c1cccc(C)c1C.[K+]. The fourth-order valence-electron chi connectivity index (χ4n) is 0.812. The first-order valence-electron chi connectivity index (χ1n) is 3.10. The number of hydrogen-bond donors (Lipinski definition) is 0. The van der Waals surface area contributed by atoms with Gasteiger partial charge in [-0.1, -0.05) is 19.9 Å². The van der Waals surface area contributed by atoms with Gasteiger partial charge in [0.25, 0.3) is 0 Å². The van der Waals surface area contributed by atoms with Gasteiger partial charge in [-0.3, -0.25) is 0 Å². The molecule has 1 aromatic rings. The van der Waals surface area contributed by atoms with E-state index in [1.165, 1.54) is 11.1 Å². The fourth-order valence-corrected chi connectivity index (χ4v) is 0.812. The molecule has 10 heavy (non-hydrogen) atoms. The molecule has 48 valence electrons. The quantitative estimate of drug-likeness (QED) is 0.352. The van der Waals surface area contributed by atoms with Crippen LogP contribution < -0.4 is 51.4 Å². The van der Waals surface area contributed by atoms with Crippen LogP contribution in [0.2, 0.25) is 0 Å². The molecule has 0 aliphatic carbocycles. The van der Waals surface area contributed by atoms with Gasteiger partial charge in [-0.2, -0.15) is 18.6 Å². The van der Waals surface area contributed by atoms with Crippen molar-refractivity contribution in [3.63, 3.8) is 0 Å². The molecule has 0 saturated heterocycles. The molecular weight excluding hydrogens is 147 g/mol. The molecule has 0 aliphatic heterocycles. The second-order valence-corrected chi connectivity index (χ2v) is 2.36. The van der Waals surface area contributed by atoms with E-state index < -0.39 is 0 Å². The van der Waals surface area contributed by atoms with Crippen molar-refractivity contribution < 1.29 is 51.4 Å². The summed E-state index contributed by atoms with van der Waals surface area (Å²) in [4.78, 5) is 0. The molecule has 0 nitrogen and oxygen atoms in total. The number of benzene rings is 1. The van der Waals surface area contributed by atoms with Gasteiger partial charge >= 0.3 is 51.4 Å². The van der Waals surface area contributed by atoms with Crippen molar-refractivity contribution in [2.45, 2.75) is 13.8 Å². The van der Waals surface area contributed by atoms with E-state index in [0.717, 1.165) is 5.56 Å². The van der Waals surface area contributed by atoms with Gasteiger partial charge in [-0.05, 0) is 0 Å².